The highest BCUT2D eigenvalue weighted by atomic mass is 16.4. The van der Waals surface area contributed by atoms with Gasteiger partial charge < -0.3 is 10.1 Å². The maximum Gasteiger partial charge on any atom is 0.307 e. The lowest BCUT2D eigenvalue weighted by Gasteiger charge is -2.04. The Bertz CT molecular complexity index is 873. The fourth-order valence-electron chi connectivity index (χ4n) is 3.19. The van der Waals surface area contributed by atoms with Gasteiger partial charge in [-0.15, -0.1) is 0 Å². The molecule has 118 valence electrons. The van der Waals surface area contributed by atoms with Crippen LogP contribution in [0.5, 0.6) is 0 Å². The molecule has 0 atom stereocenters. The van der Waals surface area contributed by atoms with Crippen molar-refractivity contribution in [3.63, 3.8) is 0 Å². The fraction of sp³-hybridized carbons (Fsp3) is 0.250. The zero-order valence-electron chi connectivity index (χ0n) is 13.7. The number of carboxylic acids is 1. The van der Waals surface area contributed by atoms with Crippen molar-refractivity contribution in [2.45, 2.75) is 33.6 Å². The monoisotopic (exact) mass is 307 g/mol. The van der Waals surface area contributed by atoms with E-state index in [2.05, 4.69) is 55.2 Å². The van der Waals surface area contributed by atoms with Crippen LogP contribution in [0, 0.1) is 13.8 Å². The Hall–Kier alpha value is -2.55. The second-order valence-corrected chi connectivity index (χ2v) is 6.10. The molecule has 3 heteroatoms. The summed E-state index contributed by atoms with van der Waals surface area (Å²) < 4.78 is 0. The van der Waals surface area contributed by atoms with Gasteiger partial charge in [0.1, 0.15) is 0 Å². The molecule has 0 aliphatic rings. The van der Waals surface area contributed by atoms with Crippen molar-refractivity contribution in [1.29, 1.82) is 0 Å². The predicted octanol–water partition coefficient (Wildman–Crippen LogP) is 4.64. The molecule has 0 fully saturated rings. The van der Waals surface area contributed by atoms with Gasteiger partial charge in [0.2, 0.25) is 0 Å². The minimum absolute atomic E-state index is 0.0216. The molecular formula is C20H21NO2. The number of hydrogen-bond donors (Lipinski definition) is 2. The number of rotatable bonds is 4. The Labute approximate surface area is 136 Å². The average molecular weight is 307 g/mol. The minimum Gasteiger partial charge on any atom is -0.481 e. The molecule has 2 aromatic carbocycles. The van der Waals surface area contributed by atoms with E-state index in [0.29, 0.717) is 0 Å². The quantitative estimate of drug-likeness (QED) is 0.737. The third-order valence-corrected chi connectivity index (χ3v) is 4.34. The van der Waals surface area contributed by atoms with Gasteiger partial charge in [0.15, 0.2) is 0 Å². The second-order valence-electron chi connectivity index (χ2n) is 6.10. The first kappa shape index (κ1) is 15.3. The number of aromatic amines is 1. The summed E-state index contributed by atoms with van der Waals surface area (Å²) in [5.74, 6) is -0.809. The molecule has 3 aromatic rings. The second kappa shape index (κ2) is 5.92. The molecule has 2 N–H and O–H groups in total. The van der Waals surface area contributed by atoms with Gasteiger partial charge in [0.05, 0.1) is 12.1 Å². The number of aromatic nitrogens is 1. The first-order valence-electron chi connectivity index (χ1n) is 7.92. The number of aliphatic carboxylic acids is 1. The SMILES string of the molecule is CCc1ccc(-c2[nH]c3c(C)cc(C)cc3c2CC(=O)O)cc1. The van der Waals surface area contributed by atoms with Crippen LogP contribution in [-0.2, 0) is 17.6 Å². The summed E-state index contributed by atoms with van der Waals surface area (Å²) >= 11 is 0. The van der Waals surface area contributed by atoms with E-state index in [0.717, 1.165) is 45.3 Å². The van der Waals surface area contributed by atoms with Crippen LogP contribution in [-0.4, -0.2) is 16.1 Å². The number of nitrogens with one attached hydrogen (secondary N) is 1. The van der Waals surface area contributed by atoms with Crippen LogP contribution in [0.15, 0.2) is 36.4 Å². The van der Waals surface area contributed by atoms with Crippen LogP contribution in [0.2, 0.25) is 0 Å². The minimum atomic E-state index is -0.809. The summed E-state index contributed by atoms with van der Waals surface area (Å²) in [5.41, 5.74) is 7.41. The molecule has 1 aromatic heterocycles. The zero-order valence-corrected chi connectivity index (χ0v) is 13.7. The fourth-order valence-corrected chi connectivity index (χ4v) is 3.19. The van der Waals surface area contributed by atoms with Gasteiger partial charge >= 0.3 is 5.97 Å². The van der Waals surface area contributed by atoms with E-state index in [9.17, 15) is 9.90 Å². The van der Waals surface area contributed by atoms with Crippen molar-refractivity contribution >= 4 is 16.9 Å². The standard InChI is InChI=1S/C20H21NO2/c1-4-14-5-7-15(8-6-14)20-17(11-18(22)23)16-10-12(2)9-13(3)19(16)21-20/h5-10,21H,4,11H2,1-3H3,(H,22,23). The lowest BCUT2D eigenvalue weighted by atomic mass is 9.99. The van der Waals surface area contributed by atoms with Crippen LogP contribution in [0.1, 0.15) is 29.2 Å². The normalized spacial score (nSPS) is 11.1. The van der Waals surface area contributed by atoms with Gasteiger partial charge in [-0.1, -0.05) is 42.8 Å². The molecule has 0 saturated carbocycles. The van der Waals surface area contributed by atoms with E-state index in [-0.39, 0.29) is 6.42 Å². The Morgan fingerprint density at radius 2 is 1.83 bits per heavy atom. The highest BCUT2D eigenvalue weighted by Crippen LogP contribution is 2.33. The van der Waals surface area contributed by atoms with Gasteiger partial charge in [-0.3, -0.25) is 4.79 Å². The van der Waals surface area contributed by atoms with Crippen molar-refractivity contribution in [2.75, 3.05) is 0 Å². The van der Waals surface area contributed by atoms with Crippen molar-refractivity contribution < 1.29 is 9.90 Å². The van der Waals surface area contributed by atoms with Crippen LogP contribution >= 0.6 is 0 Å². The van der Waals surface area contributed by atoms with E-state index in [1.165, 1.54) is 5.56 Å². The van der Waals surface area contributed by atoms with Crippen molar-refractivity contribution in [3.8, 4) is 11.3 Å². The molecule has 0 aliphatic carbocycles. The molecule has 0 bridgehead atoms. The van der Waals surface area contributed by atoms with Crippen molar-refractivity contribution in [2.24, 2.45) is 0 Å². The molecule has 3 nitrogen and oxygen atoms in total. The lowest BCUT2D eigenvalue weighted by molar-refractivity contribution is -0.136. The smallest absolute Gasteiger partial charge is 0.307 e. The molecule has 3 rings (SSSR count). The first-order chi connectivity index (χ1) is 11.0. The molecular weight excluding hydrogens is 286 g/mol. The van der Waals surface area contributed by atoms with Crippen molar-refractivity contribution in [1.82, 2.24) is 4.98 Å². The topological polar surface area (TPSA) is 53.1 Å². The lowest BCUT2D eigenvalue weighted by Crippen LogP contribution is -2.01. The average Bonchev–Trinajstić information content (AvgIpc) is 2.86. The molecule has 0 saturated heterocycles. The summed E-state index contributed by atoms with van der Waals surface area (Å²) in [5, 5.41) is 10.3. The van der Waals surface area contributed by atoms with Gasteiger partial charge in [0, 0.05) is 10.9 Å². The third-order valence-electron chi connectivity index (χ3n) is 4.34. The van der Waals surface area contributed by atoms with E-state index < -0.39 is 5.97 Å². The third kappa shape index (κ3) is 2.87. The molecule has 23 heavy (non-hydrogen) atoms. The highest BCUT2D eigenvalue weighted by molar-refractivity contribution is 5.95. The summed E-state index contributed by atoms with van der Waals surface area (Å²) in [6, 6.07) is 12.5. The van der Waals surface area contributed by atoms with Gasteiger partial charge in [-0.25, -0.2) is 0 Å². The van der Waals surface area contributed by atoms with E-state index in [1.54, 1.807) is 0 Å². The number of aryl methyl sites for hydroxylation is 3. The number of benzene rings is 2. The van der Waals surface area contributed by atoms with Crippen molar-refractivity contribution in [3.05, 3.63) is 58.7 Å². The number of H-pyrrole nitrogens is 1. The molecule has 0 spiro atoms. The molecule has 0 amide bonds. The molecule has 0 radical (unpaired) electrons. The van der Waals surface area contributed by atoms with E-state index >= 15 is 0 Å². The Morgan fingerprint density at radius 1 is 1.13 bits per heavy atom. The molecule has 0 aliphatic heterocycles. The molecule has 0 unspecified atom stereocenters. The first-order valence-corrected chi connectivity index (χ1v) is 7.92. The number of fused-ring (bicyclic) bond motifs is 1. The van der Waals surface area contributed by atoms with Gasteiger partial charge in [-0.05, 0) is 48.6 Å². The Kier molecular flexibility index (Phi) is 3.95. The number of carboxylic acid groups (broad SMARTS) is 1. The zero-order chi connectivity index (χ0) is 16.6. The number of carbonyl (C=O) groups is 1. The summed E-state index contributed by atoms with van der Waals surface area (Å²) in [6.45, 7) is 6.22. The summed E-state index contributed by atoms with van der Waals surface area (Å²) in [6.07, 6.45) is 1.01. The van der Waals surface area contributed by atoms with Gasteiger partial charge in [0.25, 0.3) is 0 Å². The van der Waals surface area contributed by atoms with Crippen LogP contribution in [0.3, 0.4) is 0 Å². The molecule has 1 heterocycles. The maximum absolute atomic E-state index is 11.4. The highest BCUT2D eigenvalue weighted by Gasteiger charge is 2.17. The van der Waals surface area contributed by atoms with E-state index in [4.69, 9.17) is 0 Å². The van der Waals surface area contributed by atoms with Crippen LogP contribution < -0.4 is 0 Å². The summed E-state index contributed by atoms with van der Waals surface area (Å²) in [7, 11) is 0. The van der Waals surface area contributed by atoms with Crippen LogP contribution in [0.25, 0.3) is 22.2 Å². The Balaban J connectivity index is 2.25. The largest absolute Gasteiger partial charge is 0.481 e. The van der Waals surface area contributed by atoms with E-state index in [1.807, 2.05) is 6.92 Å². The number of hydrogen-bond acceptors (Lipinski definition) is 1. The Morgan fingerprint density at radius 3 is 2.43 bits per heavy atom. The van der Waals surface area contributed by atoms with Gasteiger partial charge in [-0.2, -0.15) is 0 Å². The maximum atomic E-state index is 11.4. The summed E-state index contributed by atoms with van der Waals surface area (Å²) in [4.78, 5) is 14.8. The predicted molar refractivity (Wildman–Crippen MR) is 93.9 cm³/mol. The van der Waals surface area contributed by atoms with Crippen LogP contribution in [0.4, 0.5) is 0 Å².